The van der Waals surface area contributed by atoms with Crippen LogP contribution in [0.25, 0.3) is 0 Å². The number of H-pyrrole nitrogens is 1. The van der Waals surface area contributed by atoms with Crippen molar-refractivity contribution in [2.24, 2.45) is 0 Å². The summed E-state index contributed by atoms with van der Waals surface area (Å²) in [5.74, 6) is -0.624. The number of hydrogen-bond donors (Lipinski definition) is 2. The second kappa shape index (κ2) is 8.39. The highest BCUT2D eigenvalue weighted by Gasteiger charge is 2.22. The topological polar surface area (TPSA) is 62.0 Å². The van der Waals surface area contributed by atoms with E-state index in [4.69, 9.17) is 0 Å². The summed E-state index contributed by atoms with van der Waals surface area (Å²) in [4.78, 5) is 27.2. The molecule has 3 aromatic rings. The van der Waals surface area contributed by atoms with Crippen molar-refractivity contribution < 1.29 is 13.6 Å². The largest absolute Gasteiger partial charge is 0.341 e. The molecule has 1 aromatic heterocycles. The molecular weight excluding hydrogens is 374 g/mol. The predicted octanol–water partition coefficient (Wildman–Crippen LogP) is 4.76. The van der Waals surface area contributed by atoms with Crippen LogP contribution >= 0.6 is 0 Å². The minimum Gasteiger partial charge on any atom is -0.341 e. The number of carbonyl (C=O) groups excluding carboxylic acids is 1. The lowest BCUT2D eigenvalue weighted by molar-refractivity contribution is 0.0940. The Morgan fingerprint density at radius 1 is 0.897 bits per heavy atom. The Kier molecular flexibility index (Phi) is 5.92. The summed E-state index contributed by atoms with van der Waals surface area (Å²) in [6.07, 6.45) is -2.81. The van der Waals surface area contributed by atoms with E-state index >= 15 is 0 Å². The summed E-state index contributed by atoms with van der Waals surface area (Å²) in [5.41, 5.74) is 2.52. The van der Waals surface area contributed by atoms with Gasteiger partial charge in [-0.05, 0) is 43.5 Å². The molecule has 0 saturated carbocycles. The molecule has 2 aromatic carbocycles. The quantitative estimate of drug-likeness (QED) is 0.653. The maximum Gasteiger partial charge on any atom is 0.278 e. The molecule has 0 atom stereocenters. The van der Waals surface area contributed by atoms with Crippen molar-refractivity contribution in [3.8, 4) is 0 Å². The molecule has 0 saturated heterocycles. The summed E-state index contributed by atoms with van der Waals surface area (Å²) in [7, 11) is 0. The van der Waals surface area contributed by atoms with E-state index < -0.39 is 29.6 Å². The van der Waals surface area contributed by atoms with Gasteiger partial charge in [0, 0.05) is 0 Å². The fourth-order valence-electron chi connectivity index (χ4n) is 3.13. The molecule has 0 fully saturated rings. The first kappa shape index (κ1) is 20.5. The zero-order valence-corrected chi connectivity index (χ0v) is 16.4. The summed E-state index contributed by atoms with van der Waals surface area (Å²) < 4.78 is 26.0. The van der Waals surface area contributed by atoms with Crippen molar-refractivity contribution >= 4 is 5.91 Å². The molecule has 0 radical (unpaired) electrons. The lowest BCUT2D eigenvalue weighted by Gasteiger charge is -2.20. The highest BCUT2D eigenvalue weighted by Crippen LogP contribution is 2.24. The number of benzene rings is 2. The molecule has 2 N–H and O–H groups in total. The summed E-state index contributed by atoms with van der Waals surface area (Å²) in [5, 5.41) is 2.88. The van der Waals surface area contributed by atoms with Gasteiger partial charge in [-0.15, -0.1) is 0 Å². The normalized spacial score (nSPS) is 11.1. The highest BCUT2D eigenvalue weighted by atomic mass is 19.3. The van der Waals surface area contributed by atoms with E-state index in [9.17, 15) is 18.4 Å². The lowest BCUT2D eigenvalue weighted by Crippen LogP contribution is -2.34. The fraction of sp³-hybridized carbons (Fsp3) is 0.217. The third-order valence-corrected chi connectivity index (χ3v) is 4.84. The molecule has 0 spiro atoms. The number of amides is 1. The lowest BCUT2D eigenvalue weighted by atomic mass is 9.96. The molecule has 4 nitrogen and oxygen atoms in total. The molecule has 0 bridgehead atoms. The Hall–Kier alpha value is -3.28. The molecule has 150 valence electrons. The zero-order valence-electron chi connectivity index (χ0n) is 16.4. The van der Waals surface area contributed by atoms with Gasteiger partial charge in [0.1, 0.15) is 5.56 Å². The summed E-state index contributed by atoms with van der Waals surface area (Å²) in [6.45, 7) is 5.37. The third-order valence-electron chi connectivity index (χ3n) is 4.84. The maximum absolute atomic E-state index is 13.0. The van der Waals surface area contributed by atoms with E-state index in [2.05, 4.69) is 10.3 Å². The average molecular weight is 396 g/mol. The molecule has 3 rings (SSSR count). The van der Waals surface area contributed by atoms with Crippen molar-refractivity contribution in [1.82, 2.24) is 10.3 Å². The van der Waals surface area contributed by atoms with Gasteiger partial charge in [-0.1, -0.05) is 59.7 Å². The first-order valence-corrected chi connectivity index (χ1v) is 9.22. The molecule has 29 heavy (non-hydrogen) atoms. The van der Waals surface area contributed by atoms with Gasteiger partial charge in [-0.2, -0.15) is 0 Å². The van der Waals surface area contributed by atoms with E-state index in [-0.39, 0.29) is 11.1 Å². The number of halogens is 2. The standard InChI is InChI=1S/C23H22F2N2O2/c1-13-4-8-16(9-5-13)20(17-10-6-14(2)7-11-17)27-23(29)18-12-15(3)19(21(24)25)26-22(18)28/h4-12,20-21H,1-3H3,(H,26,28)(H,27,29). The van der Waals surface area contributed by atoms with Gasteiger partial charge < -0.3 is 10.3 Å². The predicted molar refractivity (Wildman–Crippen MR) is 108 cm³/mol. The number of nitrogens with one attached hydrogen (secondary N) is 2. The smallest absolute Gasteiger partial charge is 0.278 e. The second-order valence-electron chi connectivity index (χ2n) is 7.14. The second-order valence-corrected chi connectivity index (χ2v) is 7.14. The van der Waals surface area contributed by atoms with Crippen LogP contribution in [0.1, 0.15) is 56.3 Å². The number of aromatic nitrogens is 1. The van der Waals surface area contributed by atoms with Crippen LogP contribution in [0.5, 0.6) is 0 Å². The number of pyridine rings is 1. The molecule has 6 heteroatoms. The molecular formula is C23H22F2N2O2. The minimum absolute atomic E-state index is 0.159. The Labute approximate surface area is 167 Å². The van der Waals surface area contributed by atoms with Gasteiger partial charge in [-0.25, -0.2) is 8.78 Å². The van der Waals surface area contributed by atoms with E-state index in [1.165, 1.54) is 13.0 Å². The Morgan fingerprint density at radius 2 is 1.38 bits per heavy atom. The van der Waals surface area contributed by atoms with Crippen molar-refractivity contribution in [3.63, 3.8) is 0 Å². The van der Waals surface area contributed by atoms with E-state index in [1.807, 2.05) is 62.4 Å². The Balaban J connectivity index is 1.99. The molecule has 0 aliphatic rings. The van der Waals surface area contributed by atoms with Crippen molar-refractivity contribution in [2.75, 3.05) is 0 Å². The maximum atomic E-state index is 13.0. The van der Waals surface area contributed by atoms with Gasteiger partial charge in [-0.3, -0.25) is 9.59 Å². The van der Waals surface area contributed by atoms with E-state index in [0.29, 0.717) is 0 Å². The monoisotopic (exact) mass is 396 g/mol. The highest BCUT2D eigenvalue weighted by molar-refractivity contribution is 5.94. The van der Waals surface area contributed by atoms with Crippen LogP contribution in [0.2, 0.25) is 0 Å². The van der Waals surface area contributed by atoms with Gasteiger partial charge in [0.2, 0.25) is 0 Å². The van der Waals surface area contributed by atoms with Crippen molar-refractivity contribution in [1.29, 1.82) is 0 Å². The molecule has 0 aliphatic carbocycles. The van der Waals surface area contributed by atoms with Crippen LogP contribution in [-0.2, 0) is 0 Å². The van der Waals surface area contributed by atoms with Crippen molar-refractivity contribution in [2.45, 2.75) is 33.2 Å². The van der Waals surface area contributed by atoms with Crippen LogP contribution < -0.4 is 10.9 Å². The van der Waals surface area contributed by atoms with E-state index in [1.54, 1.807) is 0 Å². The van der Waals surface area contributed by atoms with Crippen LogP contribution in [0.15, 0.2) is 59.4 Å². The number of alkyl halides is 2. The van der Waals surface area contributed by atoms with Gasteiger partial charge in [0.05, 0.1) is 11.7 Å². The summed E-state index contributed by atoms with van der Waals surface area (Å²) >= 11 is 0. The van der Waals surface area contributed by atoms with Crippen LogP contribution in [0.3, 0.4) is 0 Å². The molecule has 1 amide bonds. The number of rotatable bonds is 5. The minimum atomic E-state index is -2.81. The SMILES string of the molecule is Cc1ccc(C(NC(=O)c2cc(C)c(C(F)F)[nH]c2=O)c2ccc(C)cc2)cc1. The third kappa shape index (κ3) is 4.59. The van der Waals surface area contributed by atoms with Crippen molar-refractivity contribution in [3.05, 3.63) is 104 Å². The first-order chi connectivity index (χ1) is 13.8. The fourth-order valence-corrected chi connectivity index (χ4v) is 3.13. The van der Waals surface area contributed by atoms with E-state index in [0.717, 1.165) is 22.3 Å². The number of carbonyl (C=O) groups is 1. The van der Waals surface area contributed by atoms with Gasteiger partial charge >= 0.3 is 0 Å². The average Bonchev–Trinajstić information content (AvgIpc) is 2.69. The van der Waals surface area contributed by atoms with Gasteiger partial charge in [0.15, 0.2) is 0 Å². The zero-order chi connectivity index (χ0) is 21.1. The number of aryl methyl sites for hydroxylation is 3. The number of aromatic amines is 1. The Bertz CT molecular complexity index is 1030. The summed E-state index contributed by atoms with van der Waals surface area (Å²) in [6, 6.07) is 16.1. The number of hydrogen-bond acceptors (Lipinski definition) is 2. The molecule has 0 unspecified atom stereocenters. The molecule has 1 heterocycles. The molecule has 0 aliphatic heterocycles. The van der Waals surface area contributed by atoms with Crippen LogP contribution in [0.4, 0.5) is 8.78 Å². The van der Waals surface area contributed by atoms with Crippen LogP contribution in [0, 0.1) is 20.8 Å². The van der Waals surface area contributed by atoms with Crippen LogP contribution in [-0.4, -0.2) is 10.9 Å². The van der Waals surface area contributed by atoms with Gasteiger partial charge in [0.25, 0.3) is 17.9 Å². The first-order valence-electron chi connectivity index (χ1n) is 9.22. The Morgan fingerprint density at radius 3 is 1.83 bits per heavy atom.